The van der Waals surface area contributed by atoms with Gasteiger partial charge in [-0.1, -0.05) is 20.3 Å². The molecule has 0 bridgehead atoms. The number of aromatic carboxylic acids is 1. The molecule has 1 unspecified atom stereocenters. The Balaban J connectivity index is 2.56. The third kappa shape index (κ3) is 3.80. The maximum absolute atomic E-state index is 11.7. The van der Waals surface area contributed by atoms with Gasteiger partial charge in [0.25, 0.3) is 0 Å². The van der Waals surface area contributed by atoms with E-state index in [-0.39, 0.29) is 16.7 Å². The van der Waals surface area contributed by atoms with Crippen molar-refractivity contribution in [2.75, 3.05) is 0 Å². The number of nitrogens with one attached hydrogen (secondary N) is 1. The van der Waals surface area contributed by atoms with Crippen molar-refractivity contribution in [1.29, 1.82) is 0 Å². The molecule has 2 N–H and O–H groups in total. The fourth-order valence-corrected chi connectivity index (χ4v) is 2.47. The van der Waals surface area contributed by atoms with Crippen molar-refractivity contribution in [1.82, 2.24) is 10.3 Å². The number of carboxylic acids is 1. The van der Waals surface area contributed by atoms with Gasteiger partial charge in [-0.2, -0.15) is 0 Å². The molecule has 0 saturated heterocycles. The maximum Gasteiger partial charge on any atom is 0.347 e. The van der Waals surface area contributed by atoms with Gasteiger partial charge in [0.05, 0.1) is 12.2 Å². The van der Waals surface area contributed by atoms with Gasteiger partial charge in [0.2, 0.25) is 5.91 Å². The highest BCUT2D eigenvalue weighted by Gasteiger charge is 2.15. The van der Waals surface area contributed by atoms with Crippen molar-refractivity contribution < 1.29 is 14.7 Å². The van der Waals surface area contributed by atoms with E-state index >= 15 is 0 Å². The van der Waals surface area contributed by atoms with Gasteiger partial charge in [-0.25, -0.2) is 9.78 Å². The van der Waals surface area contributed by atoms with Gasteiger partial charge in [-0.05, 0) is 13.3 Å². The third-order valence-corrected chi connectivity index (χ3v) is 3.76. The Morgan fingerprint density at radius 3 is 2.67 bits per heavy atom. The molecule has 1 amide bonds. The number of thiazole rings is 1. The highest BCUT2D eigenvalue weighted by Crippen LogP contribution is 2.18. The zero-order valence-corrected chi connectivity index (χ0v) is 11.6. The van der Waals surface area contributed by atoms with Crippen LogP contribution in [0.25, 0.3) is 0 Å². The molecule has 1 rings (SSSR count). The molecule has 0 aliphatic heterocycles. The lowest BCUT2D eigenvalue weighted by Gasteiger charge is -2.09. The van der Waals surface area contributed by atoms with Gasteiger partial charge < -0.3 is 10.4 Å². The quantitative estimate of drug-likeness (QED) is 0.830. The van der Waals surface area contributed by atoms with Crippen LogP contribution in [0.4, 0.5) is 0 Å². The third-order valence-electron chi connectivity index (χ3n) is 2.62. The largest absolute Gasteiger partial charge is 0.477 e. The Hall–Kier alpha value is -1.43. The normalized spacial score (nSPS) is 12.2. The number of aromatic nitrogens is 1. The molecule has 0 aromatic carbocycles. The molecule has 1 heterocycles. The summed E-state index contributed by atoms with van der Waals surface area (Å²) in [6.45, 7) is 5.87. The van der Waals surface area contributed by atoms with Crippen LogP contribution in [0.5, 0.6) is 0 Å². The number of aryl methyl sites for hydroxylation is 1. The molecule has 0 fully saturated rings. The van der Waals surface area contributed by atoms with E-state index in [4.69, 9.17) is 5.11 Å². The van der Waals surface area contributed by atoms with E-state index in [2.05, 4.69) is 10.3 Å². The van der Waals surface area contributed by atoms with Crippen molar-refractivity contribution in [2.24, 2.45) is 5.92 Å². The van der Waals surface area contributed by atoms with Gasteiger partial charge in [-0.15, -0.1) is 11.3 Å². The number of nitrogens with zero attached hydrogens (tertiary/aromatic N) is 1. The number of rotatable bonds is 6. The van der Waals surface area contributed by atoms with Crippen molar-refractivity contribution >= 4 is 23.2 Å². The second-order valence-electron chi connectivity index (χ2n) is 4.23. The van der Waals surface area contributed by atoms with E-state index in [1.165, 1.54) is 0 Å². The minimum Gasteiger partial charge on any atom is -0.477 e. The maximum atomic E-state index is 11.7. The molecular formula is C12H18N2O3S. The Kier molecular flexibility index (Phi) is 5.27. The van der Waals surface area contributed by atoms with Crippen LogP contribution >= 0.6 is 11.3 Å². The average Bonchev–Trinajstić information content (AvgIpc) is 2.68. The zero-order chi connectivity index (χ0) is 13.7. The van der Waals surface area contributed by atoms with E-state index in [1.807, 2.05) is 13.8 Å². The molecule has 100 valence electrons. The first-order chi connectivity index (χ1) is 8.45. The smallest absolute Gasteiger partial charge is 0.347 e. The summed E-state index contributed by atoms with van der Waals surface area (Å²) < 4.78 is 0. The van der Waals surface area contributed by atoms with Crippen LogP contribution in [-0.4, -0.2) is 22.0 Å². The topological polar surface area (TPSA) is 79.3 Å². The van der Waals surface area contributed by atoms with E-state index in [9.17, 15) is 9.59 Å². The molecule has 6 heteroatoms. The number of hydrogen-bond donors (Lipinski definition) is 2. The summed E-state index contributed by atoms with van der Waals surface area (Å²) in [5.74, 6) is -1.00. The van der Waals surface area contributed by atoms with E-state index in [0.717, 1.165) is 24.2 Å². The molecule has 0 saturated carbocycles. The van der Waals surface area contributed by atoms with Crippen LogP contribution in [0.2, 0.25) is 0 Å². The summed E-state index contributed by atoms with van der Waals surface area (Å²) in [5.41, 5.74) is 0.498. The Bertz CT molecular complexity index is 443. The molecule has 1 atom stereocenters. The number of carbonyl (C=O) groups is 2. The Labute approximate surface area is 110 Å². The van der Waals surface area contributed by atoms with Crippen molar-refractivity contribution in [3.63, 3.8) is 0 Å². The lowest BCUT2D eigenvalue weighted by atomic mass is 10.1. The molecular weight excluding hydrogens is 252 g/mol. The summed E-state index contributed by atoms with van der Waals surface area (Å²) in [5, 5.41) is 12.3. The van der Waals surface area contributed by atoms with Gasteiger partial charge in [-0.3, -0.25) is 4.79 Å². The predicted molar refractivity (Wildman–Crippen MR) is 69.7 cm³/mol. The van der Waals surface area contributed by atoms with Crippen molar-refractivity contribution in [3.8, 4) is 0 Å². The Morgan fingerprint density at radius 1 is 1.50 bits per heavy atom. The van der Waals surface area contributed by atoms with E-state index < -0.39 is 5.97 Å². The van der Waals surface area contributed by atoms with Gasteiger partial charge in [0, 0.05) is 5.92 Å². The molecule has 0 radical (unpaired) electrons. The first-order valence-electron chi connectivity index (χ1n) is 5.93. The number of hydrogen-bond acceptors (Lipinski definition) is 4. The van der Waals surface area contributed by atoms with Crippen LogP contribution < -0.4 is 5.32 Å². The molecule has 18 heavy (non-hydrogen) atoms. The summed E-state index contributed by atoms with van der Waals surface area (Å²) in [6, 6.07) is 0. The van der Waals surface area contributed by atoms with Crippen LogP contribution in [0.1, 0.15) is 47.1 Å². The lowest BCUT2D eigenvalue weighted by Crippen LogP contribution is -2.28. The van der Waals surface area contributed by atoms with Gasteiger partial charge in [0.1, 0.15) is 9.88 Å². The first kappa shape index (κ1) is 14.6. The summed E-state index contributed by atoms with van der Waals surface area (Å²) >= 11 is 1.11. The molecule has 5 nitrogen and oxygen atoms in total. The van der Waals surface area contributed by atoms with Crippen LogP contribution in [0.3, 0.4) is 0 Å². The highest BCUT2D eigenvalue weighted by molar-refractivity contribution is 7.13. The SMILES string of the molecule is CCCC(C)C(=O)NCc1nc(C)c(C(=O)O)s1. The van der Waals surface area contributed by atoms with Crippen molar-refractivity contribution in [3.05, 3.63) is 15.6 Å². The average molecular weight is 270 g/mol. The molecule has 1 aromatic heterocycles. The number of carbonyl (C=O) groups excluding carboxylic acids is 1. The minimum atomic E-state index is -0.970. The van der Waals surface area contributed by atoms with Gasteiger partial charge in [0.15, 0.2) is 0 Å². The zero-order valence-electron chi connectivity index (χ0n) is 10.8. The van der Waals surface area contributed by atoms with Gasteiger partial charge >= 0.3 is 5.97 Å². The fraction of sp³-hybridized carbons (Fsp3) is 0.583. The number of carboxylic acid groups (broad SMARTS) is 1. The highest BCUT2D eigenvalue weighted by atomic mass is 32.1. The first-order valence-corrected chi connectivity index (χ1v) is 6.74. The van der Waals surface area contributed by atoms with Crippen LogP contribution in [0.15, 0.2) is 0 Å². The van der Waals surface area contributed by atoms with Crippen molar-refractivity contribution in [2.45, 2.75) is 40.2 Å². The summed E-state index contributed by atoms with van der Waals surface area (Å²) in [6.07, 6.45) is 1.82. The molecule has 0 aliphatic carbocycles. The van der Waals surface area contributed by atoms with E-state index in [0.29, 0.717) is 17.2 Å². The van der Waals surface area contributed by atoms with Crippen LogP contribution in [-0.2, 0) is 11.3 Å². The van der Waals surface area contributed by atoms with Crippen LogP contribution in [0, 0.1) is 12.8 Å². The van der Waals surface area contributed by atoms with E-state index in [1.54, 1.807) is 6.92 Å². The molecule has 0 aliphatic rings. The predicted octanol–water partition coefficient (Wildman–Crippen LogP) is 2.20. The standard InChI is InChI=1S/C12H18N2O3S/c1-4-5-7(2)11(15)13-6-9-14-8(3)10(18-9)12(16)17/h7H,4-6H2,1-3H3,(H,13,15)(H,16,17). The number of amides is 1. The Morgan fingerprint density at radius 2 is 2.17 bits per heavy atom. The summed E-state index contributed by atoms with van der Waals surface area (Å²) in [7, 11) is 0. The second kappa shape index (κ2) is 6.49. The monoisotopic (exact) mass is 270 g/mol. The fourth-order valence-electron chi connectivity index (χ4n) is 1.63. The molecule has 0 spiro atoms. The second-order valence-corrected chi connectivity index (χ2v) is 5.32. The lowest BCUT2D eigenvalue weighted by molar-refractivity contribution is -0.124. The summed E-state index contributed by atoms with van der Waals surface area (Å²) in [4.78, 5) is 26.9. The minimum absolute atomic E-state index is 0.0124. The molecule has 1 aromatic rings.